The second kappa shape index (κ2) is 16.2. The van der Waals surface area contributed by atoms with E-state index >= 15 is 0 Å². The van der Waals surface area contributed by atoms with Crippen molar-refractivity contribution in [2.75, 3.05) is 5.73 Å². The van der Waals surface area contributed by atoms with Gasteiger partial charge in [-0.25, -0.2) is 9.59 Å². The van der Waals surface area contributed by atoms with Crippen LogP contribution in [-0.4, -0.2) is 97.2 Å². The molecule has 0 heterocycles. The molecule has 0 aliphatic heterocycles. The first-order valence-corrected chi connectivity index (χ1v) is 23.9. The molecule has 0 fully saturated rings. The van der Waals surface area contributed by atoms with Gasteiger partial charge in [0.2, 0.25) is 0 Å². The SMILES string of the molecule is Nc1cc(S(=O)(=O)O)cc2cc(S(=O)(=O)O)c(N=Nc3ccc(-c4ccc(N=Nc5c(S(=O)(=O)O)cc6cc(S(=O)(=O)O)cc(S(=O)(=O)O)c6c5O)c(C(=O)O)c4)cc3C(=O)O)c(O)c12. The molecular weight excluding hydrogens is 975 g/mol. The first kappa shape index (κ1) is 47.4. The van der Waals surface area contributed by atoms with Crippen LogP contribution in [0.3, 0.4) is 0 Å². The van der Waals surface area contributed by atoms with E-state index in [2.05, 4.69) is 20.5 Å². The highest BCUT2D eigenvalue weighted by atomic mass is 32.2. The zero-order valence-corrected chi connectivity index (χ0v) is 35.3. The predicted molar refractivity (Wildman–Crippen MR) is 219 cm³/mol. The number of hydrogen-bond donors (Lipinski definition) is 10. The largest absolute Gasteiger partial charge is 0.505 e. The number of phenols is 2. The number of fused-ring (bicyclic) bond motifs is 2. The Morgan fingerprint density at radius 1 is 0.446 bits per heavy atom. The summed E-state index contributed by atoms with van der Waals surface area (Å²) in [5.41, 5.74) is 0.393. The summed E-state index contributed by atoms with van der Waals surface area (Å²) >= 11 is 0. The van der Waals surface area contributed by atoms with E-state index in [0.29, 0.717) is 24.3 Å². The molecule has 0 aromatic heterocycles. The Morgan fingerprint density at radius 3 is 1.18 bits per heavy atom. The average molecular weight is 998 g/mol. The Hall–Kier alpha value is -7.07. The fourth-order valence-corrected chi connectivity index (χ4v) is 9.39. The quantitative estimate of drug-likeness (QED) is 0.0432. The van der Waals surface area contributed by atoms with Gasteiger partial charge < -0.3 is 26.2 Å². The van der Waals surface area contributed by atoms with Crippen LogP contribution in [-0.2, 0) is 50.6 Å². The number of carboxylic acids is 2. The van der Waals surface area contributed by atoms with Gasteiger partial charge in [0.1, 0.15) is 37.4 Å². The highest BCUT2D eigenvalue weighted by Gasteiger charge is 2.30. The molecule has 0 aliphatic carbocycles. The van der Waals surface area contributed by atoms with Crippen LogP contribution in [0.4, 0.5) is 28.4 Å². The molecule has 31 heteroatoms. The van der Waals surface area contributed by atoms with Crippen LogP contribution in [0.2, 0.25) is 0 Å². The fourth-order valence-electron chi connectivity index (χ4n) is 6.16. The normalized spacial score (nSPS) is 13.0. The molecule has 11 N–H and O–H groups in total. The van der Waals surface area contributed by atoms with E-state index in [-0.39, 0.29) is 17.2 Å². The van der Waals surface area contributed by atoms with Gasteiger partial charge in [-0.05, 0) is 82.6 Å². The Labute approximate surface area is 363 Å². The maximum absolute atomic E-state index is 12.4. The highest BCUT2D eigenvalue weighted by molar-refractivity contribution is 7.87. The lowest BCUT2D eigenvalue weighted by atomic mass is 9.99. The summed E-state index contributed by atoms with van der Waals surface area (Å²) in [6, 6.07) is 9.19. The van der Waals surface area contributed by atoms with E-state index in [1.165, 1.54) is 0 Å². The van der Waals surface area contributed by atoms with Crippen molar-refractivity contribution in [3.63, 3.8) is 0 Å². The Morgan fingerprint density at radius 2 is 0.815 bits per heavy atom. The van der Waals surface area contributed by atoms with Crippen molar-refractivity contribution in [2.24, 2.45) is 20.5 Å². The Balaban J connectivity index is 1.45. The summed E-state index contributed by atoms with van der Waals surface area (Å²) in [5, 5.41) is 53.9. The molecule has 340 valence electrons. The average Bonchev–Trinajstić information content (AvgIpc) is 3.17. The Kier molecular flexibility index (Phi) is 11.8. The zero-order valence-electron chi connectivity index (χ0n) is 31.3. The number of rotatable bonds is 12. The van der Waals surface area contributed by atoms with Gasteiger partial charge in [0, 0.05) is 16.5 Å². The standard InChI is InChI=1S/C34H23N5O21S5/c35-21-11-17(61(46,47)48)5-15-9-25(64(55,56)57)29(31(40)27(15)21)38-36-22-3-1-13(7-19(22)33(42)43)14-2-4-23(20(8-14)34(44)45)37-39-30-26(65(58,59)60)10-16-6-18(62(49,50)51)12-24(63(52,53)54)28(16)32(30)41/h1-12,40-41H,35H2,(H,42,43)(H,44,45)(H,46,47,48)(H,49,50,51)(H,52,53,54)(H,55,56,57)(H,58,59,60). The zero-order chi connectivity index (χ0) is 48.5. The van der Waals surface area contributed by atoms with Crippen LogP contribution in [0.5, 0.6) is 11.5 Å². The molecule has 65 heavy (non-hydrogen) atoms. The lowest BCUT2D eigenvalue weighted by Gasteiger charge is -2.13. The fraction of sp³-hybridized carbons (Fsp3) is 0. The molecule has 0 saturated heterocycles. The van der Waals surface area contributed by atoms with Crippen molar-refractivity contribution in [1.82, 2.24) is 0 Å². The van der Waals surface area contributed by atoms with Crippen molar-refractivity contribution >= 4 is 113 Å². The van der Waals surface area contributed by atoms with Crippen LogP contribution in [0.25, 0.3) is 32.7 Å². The summed E-state index contributed by atoms with van der Waals surface area (Å²) in [4.78, 5) is 18.9. The minimum Gasteiger partial charge on any atom is -0.505 e. The van der Waals surface area contributed by atoms with Crippen molar-refractivity contribution < 1.29 is 94.9 Å². The molecule has 0 atom stereocenters. The third-order valence-electron chi connectivity index (χ3n) is 8.97. The van der Waals surface area contributed by atoms with Gasteiger partial charge in [-0.2, -0.15) is 42.1 Å². The van der Waals surface area contributed by atoms with Gasteiger partial charge in [0.25, 0.3) is 50.6 Å². The van der Waals surface area contributed by atoms with Gasteiger partial charge in [0.05, 0.1) is 20.9 Å². The lowest BCUT2D eigenvalue weighted by molar-refractivity contribution is 0.0686. The number of carbonyl (C=O) groups is 2. The first-order chi connectivity index (χ1) is 29.8. The van der Waals surface area contributed by atoms with Gasteiger partial charge in [-0.3, -0.25) is 22.8 Å². The molecule has 6 aromatic rings. The molecule has 0 radical (unpaired) electrons. The molecule has 0 aliphatic rings. The minimum absolute atomic E-state index is 0.0511. The number of nitrogens with two attached hydrogens (primary N) is 1. The van der Waals surface area contributed by atoms with Crippen molar-refractivity contribution in [3.8, 4) is 22.6 Å². The number of carboxylic acid groups (broad SMARTS) is 2. The molecule has 0 amide bonds. The van der Waals surface area contributed by atoms with Crippen molar-refractivity contribution in [1.29, 1.82) is 0 Å². The molecule has 0 bridgehead atoms. The number of aromatic hydroxyl groups is 2. The second-order valence-corrected chi connectivity index (χ2v) is 20.1. The smallest absolute Gasteiger partial charge is 0.337 e. The number of phenolic OH excluding ortho intramolecular Hbond substituents is 2. The highest BCUT2D eigenvalue weighted by Crippen LogP contribution is 2.46. The van der Waals surface area contributed by atoms with E-state index < -0.39 is 160 Å². The number of nitrogen functional groups attached to an aromatic ring is 1. The van der Waals surface area contributed by atoms with E-state index in [0.717, 1.165) is 42.5 Å². The molecule has 26 nitrogen and oxygen atoms in total. The third-order valence-corrected chi connectivity index (χ3v) is 13.2. The predicted octanol–water partition coefficient (Wildman–Crippen LogP) is 5.11. The summed E-state index contributed by atoms with van der Waals surface area (Å²) < 4.78 is 169. The van der Waals surface area contributed by atoms with Gasteiger partial charge in [-0.1, -0.05) is 12.1 Å². The summed E-state index contributed by atoms with van der Waals surface area (Å²) in [6.07, 6.45) is 0. The van der Waals surface area contributed by atoms with Crippen LogP contribution in [0.1, 0.15) is 20.7 Å². The van der Waals surface area contributed by atoms with E-state index in [9.17, 15) is 94.9 Å². The van der Waals surface area contributed by atoms with Gasteiger partial charge >= 0.3 is 11.9 Å². The van der Waals surface area contributed by atoms with E-state index in [1.807, 2.05) is 0 Å². The number of hydrogen-bond acceptors (Lipinski definition) is 19. The van der Waals surface area contributed by atoms with Crippen molar-refractivity contribution in [2.45, 2.75) is 24.5 Å². The maximum Gasteiger partial charge on any atom is 0.337 e. The second-order valence-electron chi connectivity index (χ2n) is 13.1. The minimum atomic E-state index is -5.48. The number of nitrogens with zero attached hydrogens (tertiary/aromatic N) is 4. The van der Waals surface area contributed by atoms with Gasteiger partial charge in [0.15, 0.2) is 11.5 Å². The van der Waals surface area contributed by atoms with Crippen molar-refractivity contribution in [3.05, 3.63) is 83.9 Å². The number of anilines is 1. The first-order valence-electron chi connectivity index (χ1n) is 16.7. The van der Waals surface area contributed by atoms with Crippen LogP contribution in [0, 0.1) is 0 Å². The van der Waals surface area contributed by atoms with E-state index in [4.69, 9.17) is 5.73 Å². The topological polar surface area (TPSA) is 462 Å². The third kappa shape index (κ3) is 9.44. The number of aromatic carboxylic acids is 2. The van der Waals surface area contributed by atoms with Crippen LogP contribution < -0.4 is 5.73 Å². The molecule has 0 spiro atoms. The van der Waals surface area contributed by atoms with Crippen LogP contribution in [0.15, 0.2) is 118 Å². The monoisotopic (exact) mass is 997 g/mol. The molecule has 6 rings (SSSR count). The molecule has 6 aromatic carbocycles. The summed E-state index contributed by atoms with van der Waals surface area (Å²) in [5.74, 6) is -5.97. The molecule has 0 unspecified atom stereocenters. The lowest BCUT2D eigenvalue weighted by Crippen LogP contribution is -2.06. The van der Waals surface area contributed by atoms with Gasteiger partial charge in [-0.15, -0.1) is 20.5 Å². The molecular formula is C34H23N5O21S5. The van der Waals surface area contributed by atoms with E-state index in [1.54, 1.807) is 0 Å². The number of benzene rings is 6. The summed E-state index contributed by atoms with van der Waals surface area (Å²) in [7, 11) is -26.4. The summed E-state index contributed by atoms with van der Waals surface area (Å²) in [6.45, 7) is 0. The molecule has 0 saturated carbocycles. The van der Waals surface area contributed by atoms with Crippen LogP contribution >= 0.6 is 0 Å². The maximum atomic E-state index is 12.4. The Bertz CT molecular complexity index is 3780. The number of azo groups is 2.